The second kappa shape index (κ2) is 9.41. The van der Waals surface area contributed by atoms with E-state index in [9.17, 15) is 31.2 Å². The molecule has 0 saturated heterocycles. The largest absolute Gasteiger partial charge is 0.534 e. The molecule has 0 bridgehead atoms. The van der Waals surface area contributed by atoms with Crippen LogP contribution in [0.25, 0.3) is 11.0 Å². The molecule has 0 aliphatic heterocycles. The minimum Gasteiger partial charge on any atom is -0.476 e. The average molecular weight is 484 g/mol. The third-order valence-electron chi connectivity index (χ3n) is 3.98. The molecule has 172 valence electrons. The Balaban J connectivity index is 2.52. The van der Waals surface area contributed by atoms with Gasteiger partial charge in [0.2, 0.25) is 0 Å². The molecule has 0 aliphatic rings. The topological polar surface area (TPSA) is 103 Å². The molecule has 2 heterocycles. The lowest BCUT2D eigenvalue weighted by atomic mass is 10.2. The van der Waals surface area contributed by atoms with Crippen molar-refractivity contribution in [3.05, 3.63) is 17.8 Å². The Morgan fingerprint density at radius 2 is 1.94 bits per heavy atom. The quantitative estimate of drug-likeness (QED) is 0.166. The van der Waals surface area contributed by atoms with Gasteiger partial charge < -0.3 is 13.7 Å². The zero-order valence-electron chi connectivity index (χ0n) is 17.0. The van der Waals surface area contributed by atoms with E-state index < -0.39 is 41.7 Å². The van der Waals surface area contributed by atoms with Gasteiger partial charge in [-0.05, 0) is 6.04 Å². The van der Waals surface area contributed by atoms with Crippen LogP contribution >= 0.6 is 0 Å². The summed E-state index contributed by atoms with van der Waals surface area (Å²) < 4.78 is 90.5. The maximum atomic E-state index is 12.8. The van der Waals surface area contributed by atoms with Crippen molar-refractivity contribution >= 4 is 29.2 Å². The van der Waals surface area contributed by atoms with E-state index in [1.807, 2.05) is 0 Å². The van der Waals surface area contributed by atoms with Gasteiger partial charge in [-0.3, -0.25) is 4.57 Å². The second-order valence-electron chi connectivity index (χ2n) is 7.63. The number of hydrogen-bond donors (Lipinski definition) is 0. The highest BCUT2D eigenvalue weighted by atomic mass is 32.2. The van der Waals surface area contributed by atoms with Crippen molar-refractivity contribution in [2.45, 2.75) is 37.9 Å². The van der Waals surface area contributed by atoms with Gasteiger partial charge in [0, 0.05) is 20.7 Å². The maximum absolute atomic E-state index is 12.8. The van der Waals surface area contributed by atoms with Gasteiger partial charge in [0.25, 0.3) is 0 Å². The molecule has 2 aromatic rings. The fourth-order valence-electron chi connectivity index (χ4n) is 2.40. The van der Waals surface area contributed by atoms with E-state index in [1.54, 1.807) is 6.07 Å². The van der Waals surface area contributed by atoms with Crippen LogP contribution in [0.1, 0.15) is 5.56 Å². The van der Waals surface area contributed by atoms with E-state index in [-0.39, 0.29) is 30.3 Å². The smallest absolute Gasteiger partial charge is 0.476 e. The van der Waals surface area contributed by atoms with Crippen LogP contribution in [0.3, 0.4) is 0 Å². The van der Waals surface area contributed by atoms with Crippen molar-refractivity contribution in [2.75, 3.05) is 19.9 Å². The summed E-state index contributed by atoms with van der Waals surface area (Å²) in [7, 11) is -7.44. The highest BCUT2D eigenvalue weighted by Gasteiger charge is 2.49. The van der Waals surface area contributed by atoms with Crippen LogP contribution in [0, 0.1) is 11.3 Å². The highest BCUT2D eigenvalue weighted by Crippen LogP contribution is 2.37. The Bertz CT molecular complexity index is 1070. The third kappa shape index (κ3) is 6.08. The fraction of sp³-hybridized carbons (Fsp3) is 0.529. The number of halogens is 4. The number of fused-ring (bicyclic) bond motifs is 1. The van der Waals surface area contributed by atoms with E-state index in [2.05, 4.69) is 28.8 Å². The normalized spacial score (nSPS) is 12.7. The molecule has 0 amide bonds. The minimum atomic E-state index is -6.05. The van der Waals surface area contributed by atoms with E-state index in [0.29, 0.717) is 6.61 Å². The van der Waals surface area contributed by atoms with Gasteiger partial charge in [-0.2, -0.15) is 26.9 Å². The Morgan fingerprint density at radius 1 is 1.26 bits per heavy atom. The molecule has 0 N–H and O–H groups in total. The molecule has 2 aromatic heterocycles. The molecule has 0 spiro atoms. The number of nitriles is 1. The standard InChI is InChI=1S/C17H21F4N3O5SSi/c1-31(2,3)7-6-27-11-24-14(28-5-4-18)8-13-15(12(9-22)10-23-16(13)24)29-30(25,26)17(19,20)21/h8,10H,4-7,11H2,1-3H3. The van der Waals surface area contributed by atoms with Crippen LogP contribution in [-0.2, 0) is 21.6 Å². The monoisotopic (exact) mass is 483 g/mol. The van der Waals surface area contributed by atoms with Crippen LogP contribution in [0.2, 0.25) is 25.7 Å². The van der Waals surface area contributed by atoms with Gasteiger partial charge in [0.1, 0.15) is 37.3 Å². The first-order chi connectivity index (χ1) is 14.3. The summed E-state index contributed by atoms with van der Waals surface area (Å²) in [6.45, 7) is 5.47. The van der Waals surface area contributed by atoms with E-state index in [1.165, 1.54) is 4.57 Å². The van der Waals surface area contributed by atoms with Crippen LogP contribution in [-0.4, -0.2) is 51.4 Å². The summed E-state index contributed by atoms with van der Waals surface area (Å²) in [5.74, 6) is -0.881. The predicted octanol–water partition coefficient (Wildman–Crippen LogP) is 3.80. The van der Waals surface area contributed by atoms with Gasteiger partial charge in [0.05, 0.1) is 11.6 Å². The molecule has 0 saturated carbocycles. The summed E-state index contributed by atoms with van der Waals surface area (Å²) in [5, 5.41) is 8.96. The van der Waals surface area contributed by atoms with Gasteiger partial charge in [-0.25, -0.2) is 9.37 Å². The zero-order valence-corrected chi connectivity index (χ0v) is 18.8. The molecule has 0 fully saturated rings. The summed E-state index contributed by atoms with van der Waals surface area (Å²) in [6, 6.07) is 3.50. The summed E-state index contributed by atoms with van der Waals surface area (Å²) >= 11 is 0. The average Bonchev–Trinajstić information content (AvgIpc) is 3.00. The Labute approximate surface area is 177 Å². The number of hydrogen-bond acceptors (Lipinski definition) is 7. The van der Waals surface area contributed by atoms with Crippen molar-refractivity contribution < 1.29 is 39.6 Å². The number of pyridine rings is 1. The van der Waals surface area contributed by atoms with Gasteiger partial charge >= 0.3 is 15.6 Å². The molecule has 8 nitrogen and oxygen atoms in total. The van der Waals surface area contributed by atoms with Crippen LogP contribution in [0.4, 0.5) is 17.6 Å². The number of ether oxygens (including phenoxy) is 2. The molecule has 31 heavy (non-hydrogen) atoms. The highest BCUT2D eigenvalue weighted by molar-refractivity contribution is 7.88. The Kier molecular flexibility index (Phi) is 7.56. The lowest BCUT2D eigenvalue weighted by molar-refractivity contribution is -0.0499. The van der Waals surface area contributed by atoms with Crippen molar-refractivity contribution in [1.82, 2.24) is 9.55 Å². The molecule has 14 heteroatoms. The van der Waals surface area contributed by atoms with Gasteiger partial charge in [-0.15, -0.1) is 0 Å². The van der Waals surface area contributed by atoms with Crippen LogP contribution in [0.15, 0.2) is 12.3 Å². The van der Waals surface area contributed by atoms with E-state index >= 15 is 0 Å². The van der Waals surface area contributed by atoms with E-state index in [4.69, 9.17) is 9.47 Å². The molecule has 2 rings (SSSR count). The van der Waals surface area contributed by atoms with E-state index in [0.717, 1.165) is 18.3 Å². The van der Waals surface area contributed by atoms with Crippen LogP contribution in [0.5, 0.6) is 11.6 Å². The lowest BCUT2D eigenvalue weighted by Gasteiger charge is -2.16. The Morgan fingerprint density at radius 3 is 2.48 bits per heavy atom. The molecular formula is C17H21F4N3O5SSi. The predicted molar refractivity (Wildman–Crippen MR) is 106 cm³/mol. The van der Waals surface area contributed by atoms with Crippen molar-refractivity contribution in [3.63, 3.8) is 0 Å². The third-order valence-corrected chi connectivity index (χ3v) is 6.63. The zero-order chi connectivity index (χ0) is 23.4. The molecule has 0 radical (unpaired) electrons. The number of aromatic nitrogens is 2. The molecule has 0 atom stereocenters. The second-order valence-corrected chi connectivity index (χ2v) is 14.8. The fourth-order valence-corrected chi connectivity index (χ4v) is 3.65. The minimum absolute atomic E-state index is 0.0301. The first-order valence-corrected chi connectivity index (χ1v) is 14.1. The van der Waals surface area contributed by atoms with Gasteiger partial charge in [0.15, 0.2) is 11.6 Å². The summed E-state index contributed by atoms with van der Waals surface area (Å²) in [6.07, 6.45) is 0.876. The maximum Gasteiger partial charge on any atom is 0.534 e. The molecule has 0 unspecified atom stereocenters. The first-order valence-electron chi connectivity index (χ1n) is 9.00. The number of nitrogens with zero attached hydrogens (tertiary/aromatic N) is 3. The molecule has 0 aromatic carbocycles. The summed E-state index contributed by atoms with van der Waals surface area (Å²) in [5.41, 5.74) is -6.28. The van der Waals surface area contributed by atoms with Gasteiger partial charge in [-0.1, -0.05) is 19.6 Å². The first kappa shape index (κ1) is 24.9. The van der Waals surface area contributed by atoms with Crippen molar-refractivity contribution in [2.24, 2.45) is 0 Å². The molecular weight excluding hydrogens is 462 g/mol. The molecule has 0 aliphatic carbocycles. The summed E-state index contributed by atoms with van der Waals surface area (Å²) in [4.78, 5) is 4.00. The SMILES string of the molecule is C[Si](C)(C)CCOCn1c(OCCF)cc2c(OS(=O)(=O)C(F)(F)F)c(C#N)cnc21. The lowest BCUT2D eigenvalue weighted by Crippen LogP contribution is -2.28. The van der Waals surface area contributed by atoms with Crippen LogP contribution < -0.4 is 8.92 Å². The van der Waals surface area contributed by atoms with Crippen molar-refractivity contribution in [3.8, 4) is 17.7 Å². The Hall–Kier alpha value is -2.37. The number of alkyl halides is 4. The van der Waals surface area contributed by atoms with Crippen molar-refractivity contribution in [1.29, 1.82) is 5.26 Å². The number of rotatable bonds is 10.